The molecule has 5 nitrogen and oxygen atoms in total. The summed E-state index contributed by atoms with van der Waals surface area (Å²) in [6, 6.07) is 0. The van der Waals surface area contributed by atoms with E-state index < -0.39 is 5.79 Å². The van der Waals surface area contributed by atoms with Crippen LogP contribution in [0.15, 0.2) is 0 Å². The molecule has 21 heavy (non-hydrogen) atoms. The molecular weight excluding hydrogens is 272 g/mol. The summed E-state index contributed by atoms with van der Waals surface area (Å²) in [6.45, 7) is 10.1. The van der Waals surface area contributed by atoms with Crippen LogP contribution in [-0.2, 0) is 23.7 Å². The van der Waals surface area contributed by atoms with Gasteiger partial charge in [-0.05, 0) is 26.7 Å². The topological polar surface area (TPSA) is 46.2 Å². The molecule has 0 spiro atoms. The van der Waals surface area contributed by atoms with Crippen molar-refractivity contribution in [2.24, 2.45) is 0 Å². The van der Waals surface area contributed by atoms with Gasteiger partial charge in [-0.2, -0.15) is 0 Å². The Hall–Kier alpha value is -0.200. The molecule has 2 rings (SSSR count). The molecule has 2 aliphatic rings. The van der Waals surface area contributed by atoms with Crippen molar-refractivity contribution in [1.29, 1.82) is 0 Å². The van der Waals surface area contributed by atoms with Gasteiger partial charge in [0.15, 0.2) is 12.1 Å². The third-order valence-corrected chi connectivity index (χ3v) is 3.82. The van der Waals surface area contributed by atoms with Gasteiger partial charge in [0.1, 0.15) is 18.3 Å². The first-order valence-electron chi connectivity index (χ1n) is 8.28. The van der Waals surface area contributed by atoms with Crippen LogP contribution in [0.5, 0.6) is 0 Å². The molecule has 0 aromatic rings. The van der Waals surface area contributed by atoms with Gasteiger partial charge in [-0.15, -0.1) is 0 Å². The molecule has 2 aliphatic heterocycles. The van der Waals surface area contributed by atoms with Crippen LogP contribution in [0.3, 0.4) is 0 Å². The minimum atomic E-state index is -0.601. The third-order valence-electron chi connectivity index (χ3n) is 3.82. The van der Waals surface area contributed by atoms with Crippen LogP contribution in [0.2, 0.25) is 0 Å². The second kappa shape index (κ2) is 7.88. The normalized spacial score (nSPS) is 34.3. The summed E-state index contributed by atoms with van der Waals surface area (Å²) in [5.41, 5.74) is 0. The summed E-state index contributed by atoms with van der Waals surface area (Å²) in [5.74, 6) is -0.601. The quantitative estimate of drug-likeness (QED) is 0.613. The SMILES string of the molecule is CCCCOC[C@H]1O[C@@H]2OC(C)(C)O[C@H]2[C@H]1OCCCC. The summed E-state index contributed by atoms with van der Waals surface area (Å²) in [7, 11) is 0. The Morgan fingerprint density at radius 2 is 1.71 bits per heavy atom. The van der Waals surface area contributed by atoms with Gasteiger partial charge < -0.3 is 23.7 Å². The first-order chi connectivity index (χ1) is 10.1. The summed E-state index contributed by atoms with van der Waals surface area (Å²) in [4.78, 5) is 0. The number of unbranched alkanes of at least 4 members (excludes halogenated alkanes) is 2. The Labute approximate surface area is 128 Å². The predicted octanol–water partition coefficient (Wildman–Crippen LogP) is 2.86. The van der Waals surface area contributed by atoms with Crippen LogP contribution in [-0.4, -0.2) is 50.2 Å². The zero-order valence-corrected chi connectivity index (χ0v) is 13.8. The fraction of sp³-hybridized carbons (Fsp3) is 1.00. The van der Waals surface area contributed by atoms with Crippen molar-refractivity contribution in [2.75, 3.05) is 19.8 Å². The molecule has 0 saturated carbocycles. The molecule has 0 N–H and O–H groups in total. The highest BCUT2D eigenvalue weighted by atomic mass is 16.8. The van der Waals surface area contributed by atoms with Crippen LogP contribution < -0.4 is 0 Å². The Balaban J connectivity index is 1.87. The van der Waals surface area contributed by atoms with Gasteiger partial charge in [-0.3, -0.25) is 0 Å². The van der Waals surface area contributed by atoms with Crippen LogP contribution in [0.25, 0.3) is 0 Å². The van der Waals surface area contributed by atoms with E-state index in [0.29, 0.717) is 6.61 Å². The minimum absolute atomic E-state index is 0.107. The molecule has 0 amide bonds. The van der Waals surface area contributed by atoms with Gasteiger partial charge in [0.05, 0.1) is 6.61 Å². The van der Waals surface area contributed by atoms with E-state index in [4.69, 9.17) is 23.7 Å². The average Bonchev–Trinajstić information content (AvgIpc) is 2.88. The molecule has 124 valence electrons. The van der Waals surface area contributed by atoms with Crippen molar-refractivity contribution in [3.63, 3.8) is 0 Å². The monoisotopic (exact) mass is 302 g/mol. The molecule has 0 aromatic heterocycles. The molecule has 2 saturated heterocycles. The van der Waals surface area contributed by atoms with E-state index in [0.717, 1.165) is 38.9 Å². The van der Waals surface area contributed by atoms with Gasteiger partial charge >= 0.3 is 0 Å². The van der Waals surface area contributed by atoms with Crippen LogP contribution >= 0.6 is 0 Å². The molecule has 0 radical (unpaired) electrons. The lowest BCUT2D eigenvalue weighted by Crippen LogP contribution is -2.39. The smallest absolute Gasteiger partial charge is 0.190 e. The first-order valence-corrected chi connectivity index (χ1v) is 8.28. The van der Waals surface area contributed by atoms with E-state index in [2.05, 4.69) is 13.8 Å². The molecule has 2 heterocycles. The highest BCUT2D eigenvalue weighted by Gasteiger charge is 2.55. The minimum Gasteiger partial charge on any atom is -0.379 e. The Kier molecular flexibility index (Phi) is 6.44. The van der Waals surface area contributed by atoms with Gasteiger partial charge in [-0.1, -0.05) is 26.7 Å². The standard InChI is InChI=1S/C16H30O5/c1-5-7-9-17-11-12-13(18-10-8-6-2)14-15(19-12)21-16(3,4)20-14/h12-15H,5-11H2,1-4H3/t12-,13+,14+,15-/m1/s1. The highest BCUT2D eigenvalue weighted by molar-refractivity contribution is 4.94. The number of rotatable bonds is 9. The number of fused-ring (bicyclic) bond motifs is 1. The van der Waals surface area contributed by atoms with Gasteiger partial charge in [0.25, 0.3) is 0 Å². The Bertz CT molecular complexity index is 307. The fourth-order valence-electron chi connectivity index (χ4n) is 2.69. The van der Waals surface area contributed by atoms with Crippen LogP contribution in [0.1, 0.15) is 53.4 Å². The maximum atomic E-state index is 6.01. The van der Waals surface area contributed by atoms with E-state index >= 15 is 0 Å². The molecule has 2 fully saturated rings. The van der Waals surface area contributed by atoms with Crippen molar-refractivity contribution in [3.05, 3.63) is 0 Å². The summed E-state index contributed by atoms with van der Waals surface area (Å²) in [6.07, 6.45) is 3.65. The zero-order valence-electron chi connectivity index (χ0n) is 13.8. The zero-order chi connectivity index (χ0) is 15.3. The lowest BCUT2D eigenvalue weighted by atomic mass is 10.1. The number of hydrogen-bond acceptors (Lipinski definition) is 5. The lowest BCUT2D eigenvalue weighted by Gasteiger charge is -2.25. The number of hydrogen-bond donors (Lipinski definition) is 0. The van der Waals surface area contributed by atoms with Crippen molar-refractivity contribution in [3.8, 4) is 0 Å². The van der Waals surface area contributed by atoms with E-state index in [-0.39, 0.29) is 24.6 Å². The molecule has 5 heteroatoms. The fourth-order valence-corrected chi connectivity index (χ4v) is 2.69. The predicted molar refractivity (Wildman–Crippen MR) is 79.1 cm³/mol. The summed E-state index contributed by atoms with van der Waals surface area (Å²) < 4.78 is 29.4. The third kappa shape index (κ3) is 4.63. The average molecular weight is 302 g/mol. The Morgan fingerprint density at radius 3 is 2.43 bits per heavy atom. The molecular formula is C16H30O5. The first kappa shape index (κ1) is 17.2. The van der Waals surface area contributed by atoms with Crippen molar-refractivity contribution < 1.29 is 23.7 Å². The number of ether oxygens (including phenoxy) is 5. The van der Waals surface area contributed by atoms with Crippen molar-refractivity contribution in [2.45, 2.75) is 83.8 Å². The molecule has 0 aliphatic carbocycles. The molecule has 0 unspecified atom stereocenters. The largest absolute Gasteiger partial charge is 0.379 e. The van der Waals surface area contributed by atoms with E-state index in [9.17, 15) is 0 Å². The highest BCUT2D eigenvalue weighted by Crippen LogP contribution is 2.38. The van der Waals surface area contributed by atoms with E-state index in [1.807, 2.05) is 13.8 Å². The van der Waals surface area contributed by atoms with Gasteiger partial charge in [0, 0.05) is 13.2 Å². The maximum absolute atomic E-state index is 6.01. The van der Waals surface area contributed by atoms with Crippen LogP contribution in [0.4, 0.5) is 0 Å². The van der Waals surface area contributed by atoms with Crippen molar-refractivity contribution >= 4 is 0 Å². The summed E-state index contributed by atoms with van der Waals surface area (Å²) in [5, 5.41) is 0. The van der Waals surface area contributed by atoms with Gasteiger partial charge in [-0.25, -0.2) is 0 Å². The molecule has 4 atom stereocenters. The van der Waals surface area contributed by atoms with Crippen LogP contribution in [0, 0.1) is 0 Å². The molecule has 0 aromatic carbocycles. The van der Waals surface area contributed by atoms with Crippen molar-refractivity contribution in [1.82, 2.24) is 0 Å². The van der Waals surface area contributed by atoms with E-state index in [1.54, 1.807) is 0 Å². The summed E-state index contributed by atoms with van der Waals surface area (Å²) >= 11 is 0. The Morgan fingerprint density at radius 1 is 1.00 bits per heavy atom. The maximum Gasteiger partial charge on any atom is 0.190 e. The second-order valence-corrected chi connectivity index (χ2v) is 6.26. The lowest BCUT2D eigenvalue weighted by molar-refractivity contribution is -0.223. The van der Waals surface area contributed by atoms with E-state index in [1.165, 1.54) is 0 Å². The van der Waals surface area contributed by atoms with Gasteiger partial charge in [0.2, 0.25) is 0 Å². The second-order valence-electron chi connectivity index (χ2n) is 6.26. The molecule has 0 bridgehead atoms.